The van der Waals surface area contributed by atoms with Gasteiger partial charge in [-0.05, 0) is 18.8 Å². The van der Waals surface area contributed by atoms with Gasteiger partial charge in [-0.2, -0.15) is 0 Å². The fourth-order valence-corrected chi connectivity index (χ4v) is 2.80. The van der Waals surface area contributed by atoms with Crippen molar-refractivity contribution in [3.63, 3.8) is 0 Å². The average Bonchev–Trinajstić information content (AvgIpc) is 2.40. The monoisotopic (exact) mass is 265 g/mol. The quantitative estimate of drug-likeness (QED) is 0.872. The molecule has 106 valence electrons. The second kappa shape index (κ2) is 6.19. The summed E-state index contributed by atoms with van der Waals surface area (Å²) >= 11 is 0. The Bertz CT molecular complexity index is 532. The van der Waals surface area contributed by atoms with E-state index >= 15 is 0 Å². The van der Waals surface area contributed by atoms with Crippen molar-refractivity contribution in [2.24, 2.45) is 13.0 Å². The highest BCUT2D eigenvalue weighted by atomic mass is 16.2. The topological polar surface area (TPSA) is 56.0 Å². The molecule has 1 aromatic rings. The van der Waals surface area contributed by atoms with Crippen LogP contribution in [0, 0.1) is 5.92 Å². The standard InChI is InChI=1S/C14H23N3O2/c1-11-5-3-4-6-12(11)15-8-10-17-13(18)7-9-16(2)14(17)19/h7,9,11-12,15H,3-6,8,10H2,1-2H3. The van der Waals surface area contributed by atoms with Crippen LogP contribution in [0.2, 0.25) is 0 Å². The molecule has 0 aromatic carbocycles. The van der Waals surface area contributed by atoms with Crippen molar-refractivity contribution >= 4 is 0 Å². The van der Waals surface area contributed by atoms with E-state index in [0.717, 1.165) is 0 Å². The van der Waals surface area contributed by atoms with Gasteiger partial charge in [0.25, 0.3) is 5.56 Å². The van der Waals surface area contributed by atoms with Crippen LogP contribution in [0.15, 0.2) is 21.9 Å². The van der Waals surface area contributed by atoms with E-state index in [4.69, 9.17) is 0 Å². The summed E-state index contributed by atoms with van der Waals surface area (Å²) < 4.78 is 2.73. The maximum Gasteiger partial charge on any atom is 0.330 e. The third kappa shape index (κ3) is 3.35. The van der Waals surface area contributed by atoms with Gasteiger partial charge in [0.2, 0.25) is 0 Å². The van der Waals surface area contributed by atoms with E-state index in [1.54, 1.807) is 7.05 Å². The molecule has 5 heteroatoms. The Morgan fingerprint density at radius 3 is 2.79 bits per heavy atom. The minimum absolute atomic E-state index is 0.221. The highest BCUT2D eigenvalue weighted by molar-refractivity contribution is 4.86. The molecule has 0 saturated heterocycles. The Morgan fingerprint density at radius 2 is 2.05 bits per heavy atom. The normalized spacial score (nSPS) is 23.5. The van der Waals surface area contributed by atoms with E-state index in [1.165, 1.54) is 47.1 Å². The Kier molecular flexibility index (Phi) is 4.58. The van der Waals surface area contributed by atoms with E-state index < -0.39 is 0 Å². The highest BCUT2D eigenvalue weighted by Gasteiger charge is 2.20. The molecule has 1 heterocycles. The Balaban J connectivity index is 1.94. The number of hydrogen-bond acceptors (Lipinski definition) is 3. The van der Waals surface area contributed by atoms with Gasteiger partial charge < -0.3 is 9.88 Å². The summed E-state index contributed by atoms with van der Waals surface area (Å²) in [5.41, 5.74) is -0.465. The lowest BCUT2D eigenvalue weighted by Gasteiger charge is -2.29. The summed E-state index contributed by atoms with van der Waals surface area (Å²) in [6.07, 6.45) is 6.57. The van der Waals surface area contributed by atoms with Crippen molar-refractivity contribution < 1.29 is 0 Å². The van der Waals surface area contributed by atoms with Crippen LogP contribution in [0.1, 0.15) is 32.6 Å². The predicted octanol–water partition coefficient (Wildman–Crippen LogP) is 0.715. The highest BCUT2D eigenvalue weighted by Crippen LogP contribution is 2.23. The van der Waals surface area contributed by atoms with Crippen molar-refractivity contribution in [1.29, 1.82) is 0 Å². The van der Waals surface area contributed by atoms with Gasteiger partial charge in [0.15, 0.2) is 0 Å². The fraction of sp³-hybridized carbons (Fsp3) is 0.714. The molecule has 1 N–H and O–H groups in total. The van der Waals surface area contributed by atoms with Crippen molar-refractivity contribution in [3.8, 4) is 0 Å². The molecule has 0 aliphatic heterocycles. The number of hydrogen-bond donors (Lipinski definition) is 1. The number of aryl methyl sites for hydroxylation is 1. The zero-order chi connectivity index (χ0) is 13.8. The van der Waals surface area contributed by atoms with Gasteiger partial charge in [0.1, 0.15) is 0 Å². The minimum atomic E-state index is -0.244. The van der Waals surface area contributed by atoms with E-state index in [0.29, 0.717) is 25.0 Å². The van der Waals surface area contributed by atoms with E-state index in [1.807, 2.05) is 0 Å². The molecule has 0 spiro atoms. The molecule has 0 radical (unpaired) electrons. The van der Waals surface area contributed by atoms with Crippen LogP contribution in [0.4, 0.5) is 0 Å². The summed E-state index contributed by atoms with van der Waals surface area (Å²) in [6.45, 7) is 3.38. The lowest BCUT2D eigenvalue weighted by Crippen LogP contribution is -2.43. The first kappa shape index (κ1) is 14.1. The van der Waals surface area contributed by atoms with Crippen LogP contribution >= 0.6 is 0 Å². The van der Waals surface area contributed by atoms with Crippen molar-refractivity contribution in [2.45, 2.75) is 45.2 Å². The second-order valence-corrected chi connectivity index (χ2v) is 5.52. The van der Waals surface area contributed by atoms with E-state index in [-0.39, 0.29) is 11.2 Å². The van der Waals surface area contributed by atoms with Gasteiger partial charge >= 0.3 is 5.69 Å². The summed E-state index contributed by atoms with van der Waals surface area (Å²) in [6, 6.07) is 1.96. The first-order chi connectivity index (χ1) is 9.09. The van der Waals surface area contributed by atoms with Gasteiger partial charge in [-0.3, -0.25) is 9.36 Å². The SMILES string of the molecule is CC1CCCCC1NCCn1c(=O)ccn(C)c1=O. The summed E-state index contributed by atoms with van der Waals surface area (Å²) in [5, 5.41) is 3.49. The molecule has 2 unspecified atom stereocenters. The number of nitrogens with zero attached hydrogens (tertiary/aromatic N) is 2. The zero-order valence-electron chi connectivity index (χ0n) is 11.8. The van der Waals surface area contributed by atoms with Crippen LogP contribution in [0.3, 0.4) is 0 Å². The lowest BCUT2D eigenvalue weighted by atomic mass is 9.86. The average molecular weight is 265 g/mol. The molecule has 1 saturated carbocycles. The number of aromatic nitrogens is 2. The molecule has 0 bridgehead atoms. The second-order valence-electron chi connectivity index (χ2n) is 5.52. The van der Waals surface area contributed by atoms with Crippen molar-refractivity contribution in [1.82, 2.24) is 14.5 Å². The first-order valence-corrected chi connectivity index (χ1v) is 7.09. The maximum atomic E-state index is 11.8. The van der Waals surface area contributed by atoms with Crippen molar-refractivity contribution in [3.05, 3.63) is 33.1 Å². The Morgan fingerprint density at radius 1 is 1.32 bits per heavy atom. The molecule has 2 rings (SSSR count). The molecular formula is C14H23N3O2. The largest absolute Gasteiger partial charge is 0.330 e. The molecule has 5 nitrogen and oxygen atoms in total. The number of nitrogens with one attached hydrogen (secondary N) is 1. The van der Waals surface area contributed by atoms with Gasteiger partial charge in [0, 0.05) is 38.4 Å². The third-order valence-corrected chi connectivity index (χ3v) is 4.09. The zero-order valence-corrected chi connectivity index (χ0v) is 11.8. The molecule has 19 heavy (non-hydrogen) atoms. The van der Waals surface area contributed by atoms with E-state index in [2.05, 4.69) is 12.2 Å². The molecule has 1 aromatic heterocycles. The third-order valence-electron chi connectivity index (χ3n) is 4.09. The summed E-state index contributed by atoms with van der Waals surface area (Å²) in [7, 11) is 1.66. The molecular weight excluding hydrogens is 242 g/mol. The smallest absolute Gasteiger partial charge is 0.312 e. The minimum Gasteiger partial charge on any atom is -0.312 e. The van der Waals surface area contributed by atoms with Gasteiger partial charge in [-0.25, -0.2) is 4.79 Å². The van der Waals surface area contributed by atoms with Crippen LogP contribution in [-0.4, -0.2) is 21.7 Å². The first-order valence-electron chi connectivity index (χ1n) is 7.09. The molecule has 1 aliphatic carbocycles. The van der Waals surface area contributed by atoms with Crippen LogP contribution in [0.5, 0.6) is 0 Å². The van der Waals surface area contributed by atoms with Gasteiger partial charge in [0.05, 0.1) is 0 Å². The summed E-state index contributed by atoms with van der Waals surface area (Å²) in [4.78, 5) is 23.5. The van der Waals surface area contributed by atoms with Gasteiger partial charge in [-0.15, -0.1) is 0 Å². The van der Waals surface area contributed by atoms with Crippen LogP contribution in [-0.2, 0) is 13.6 Å². The summed E-state index contributed by atoms with van der Waals surface area (Å²) in [5.74, 6) is 0.684. The van der Waals surface area contributed by atoms with Crippen LogP contribution < -0.4 is 16.6 Å². The van der Waals surface area contributed by atoms with Crippen LogP contribution in [0.25, 0.3) is 0 Å². The van der Waals surface area contributed by atoms with E-state index in [9.17, 15) is 9.59 Å². The maximum absolute atomic E-state index is 11.8. The predicted molar refractivity (Wildman–Crippen MR) is 75.4 cm³/mol. The molecule has 1 fully saturated rings. The molecule has 0 amide bonds. The van der Waals surface area contributed by atoms with Crippen molar-refractivity contribution in [2.75, 3.05) is 6.54 Å². The Labute approximate surface area is 113 Å². The lowest BCUT2D eigenvalue weighted by molar-refractivity contribution is 0.277. The Hall–Kier alpha value is -1.36. The molecule has 2 atom stereocenters. The number of rotatable bonds is 4. The van der Waals surface area contributed by atoms with Gasteiger partial charge in [-0.1, -0.05) is 19.8 Å². The molecule has 1 aliphatic rings. The fourth-order valence-electron chi connectivity index (χ4n) is 2.80.